The first-order valence-corrected chi connectivity index (χ1v) is 8.63. The average molecular weight is 375 g/mol. The molecule has 132 valence electrons. The number of halogens is 1. The summed E-state index contributed by atoms with van der Waals surface area (Å²) in [6, 6.07) is 22.6. The lowest BCUT2D eigenvalue weighted by molar-refractivity contribution is 0.0556. The molecule has 0 fully saturated rings. The summed E-state index contributed by atoms with van der Waals surface area (Å²) in [6.07, 6.45) is 0. The molecule has 0 saturated carbocycles. The van der Waals surface area contributed by atoms with E-state index in [1.807, 2.05) is 12.1 Å². The maximum absolute atomic E-state index is 12.7. The topological polar surface area (TPSA) is 43.4 Å². The Morgan fingerprint density at radius 3 is 2.15 bits per heavy atom. The minimum atomic E-state index is -0.443. The van der Waals surface area contributed by atoms with Crippen LogP contribution in [-0.2, 0) is 4.74 Å². The van der Waals surface area contributed by atoms with Gasteiger partial charge in [0, 0.05) is 21.7 Å². The highest BCUT2D eigenvalue weighted by molar-refractivity contribution is 6.31. The van der Waals surface area contributed by atoms with E-state index in [4.69, 9.17) is 16.3 Å². The fourth-order valence-electron chi connectivity index (χ4n) is 2.45. The lowest BCUT2D eigenvalue weighted by Crippen LogP contribution is -2.05. The molecule has 0 aliphatic carbocycles. The molecule has 0 atom stereocenters. The van der Waals surface area contributed by atoms with Crippen LogP contribution in [-0.4, -0.2) is 18.4 Å². The van der Waals surface area contributed by atoms with E-state index in [0.29, 0.717) is 27.3 Å². The van der Waals surface area contributed by atoms with Crippen LogP contribution in [0.25, 0.3) is 0 Å². The molecule has 4 heteroatoms. The van der Waals surface area contributed by atoms with Gasteiger partial charge in [-0.05, 0) is 30.3 Å². The Morgan fingerprint density at radius 1 is 0.852 bits per heavy atom. The third-order valence-electron chi connectivity index (χ3n) is 3.77. The highest BCUT2D eigenvalue weighted by atomic mass is 35.5. The normalized spacial score (nSPS) is 9.81. The van der Waals surface area contributed by atoms with Crippen LogP contribution in [0.3, 0.4) is 0 Å². The zero-order valence-electron chi connectivity index (χ0n) is 14.3. The van der Waals surface area contributed by atoms with E-state index in [0.717, 1.165) is 0 Å². The van der Waals surface area contributed by atoms with Crippen molar-refractivity contribution in [2.45, 2.75) is 0 Å². The van der Waals surface area contributed by atoms with Crippen molar-refractivity contribution in [2.24, 2.45) is 0 Å². The van der Waals surface area contributed by atoms with Gasteiger partial charge < -0.3 is 4.74 Å². The molecule has 0 N–H and O–H groups in total. The molecule has 0 saturated heterocycles. The summed E-state index contributed by atoms with van der Waals surface area (Å²) < 4.78 is 5.13. The van der Waals surface area contributed by atoms with E-state index in [9.17, 15) is 9.59 Å². The Morgan fingerprint density at radius 2 is 1.48 bits per heavy atom. The van der Waals surface area contributed by atoms with Crippen LogP contribution in [0.15, 0.2) is 78.9 Å². The Balaban J connectivity index is 1.75. The summed E-state index contributed by atoms with van der Waals surface area (Å²) in [4.78, 5) is 24.6. The summed E-state index contributed by atoms with van der Waals surface area (Å²) in [6.45, 7) is -0.0741. The zero-order chi connectivity index (χ0) is 19.1. The second-order valence-electron chi connectivity index (χ2n) is 5.63. The van der Waals surface area contributed by atoms with Crippen LogP contribution in [0.4, 0.5) is 0 Å². The van der Waals surface area contributed by atoms with Crippen LogP contribution in [0.5, 0.6) is 0 Å². The second kappa shape index (κ2) is 8.84. The largest absolute Gasteiger partial charge is 0.449 e. The maximum Gasteiger partial charge on any atom is 0.339 e. The number of carbonyl (C=O) groups excluding carboxylic acids is 2. The molecule has 0 radical (unpaired) electrons. The fraction of sp³-hybridized carbons (Fsp3) is 0.0435. The first-order chi connectivity index (χ1) is 13.1. The van der Waals surface area contributed by atoms with Gasteiger partial charge in [0.25, 0.3) is 0 Å². The van der Waals surface area contributed by atoms with Crippen LogP contribution in [0.1, 0.15) is 31.8 Å². The summed E-state index contributed by atoms with van der Waals surface area (Å²) in [5, 5.41) is 0.454. The first-order valence-electron chi connectivity index (χ1n) is 8.25. The van der Waals surface area contributed by atoms with Crippen molar-refractivity contribution in [2.75, 3.05) is 6.61 Å². The second-order valence-corrected chi connectivity index (χ2v) is 6.07. The summed E-state index contributed by atoms with van der Waals surface area (Å²) in [7, 11) is 0. The van der Waals surface area contributed by atoms with Gasteiger partial charge in [-0.1, -0.05) is 72.0 Å². The molecule has 3 aromatic rings. The smallest absolute Gasteiger partial charge is 0.339 e. The summed E-state index contributed by atoms with van der Waals surface area (Å²) in [5.74, 6) is 5.07. The number of esters is 1. The molecule has 27 heavy (non-hydrogen) atoms. The van der Waals surface area contributed by atoms with Gasteiger partial charge in [0.05, 0.1) is 5.56 Å². The van der Waals surface area contributed by atoms with E-state index >= 15 is 0 Å². The molecule has 3 nitrogen and oxygen atoms in total. The fourth-order valence-corrected chi connectivity index (χ4v) is 2.62. The number of rotatable bonds is 4. The Bertz CT molecular complexity index is 1020. The quantitative estimate of drug-likeness (QED) is 0.375. The SMILES string of the molecule is O=C(OCC#Cc1ccc(Cl)cc1C(=O)c1ccccc1)c1ccccc1. The van der Waals surface area contributed by atoms with Crippen molar-refractivity contribution < 1.29 is 14.3 Å². The number of hydrogen-bond donors (Lipinski definition) is 0. The van der Waals surface area contributed by atoms with E-state index in [1.54, 1.807) is 66.7 Å². The average Bonchev–Trinajstić information content (AvgIpc) is 2.72. The third kappa shape index (κ3) is 4.84. The molecule has 3 aromatic carbocycles. The molecule has 0 aliphatic heterocycles. The Labute approximate surface area is 162 Å². The Kier molecular flexibility index (Phi) is 6.04. The lowest BCUT2D eigenvalue weighted by atomic mass is 9.98. The summed E-state index contributed by atoms with van der Waals surface area (Å²) >= 11 is 6.05. The van der Waals surface area contributed by atoms with Gasteiger partial charge in [-0.2, -0.15) is 0 Å². The van der Waals surface area contributed by atoms with E-state index in [2.05, 4.69) is 11.8 Å². The molecular formula is C23H15ClO3. The van der Waals surface area contributed by atoms with Gasteiger partial charge in [0.2, 0.25) is 0 Å². The highest BCUT2D eigenvalue weighted by Gasteiger charge is 2.13. The number of hydrogen-bond acceptors (Lipinski definition) is 3. The molecule has 0 amide bonds. The van der Waals surface area contributed by atoms with Gasteiger partial charge in [-0.3, -0.25) is 4.79 Å². The predicted molar refractivity (Wildman–Crippen MR) is 105 cm³/mol. The van der Waals surface area contributed by atoms with Crippen molar-refractivity contribution in [1.82, 2.24) is 0 Å². The minimum absolute atomic E-state index is 0.0741. The van der Waals surface area contributed by atoms with Crippen LogP contribution in [0.2, 0.25) is 5.02 Å². The van der Waals surface area contributed by atoms with Crippen molar-refractivity contribution in [3.8, 4) is 11.8 Å². The summed E-state index contributed by atoms with van der Waals surface area (Å²) in [5.41, 5.74) is 1.96. The van der Waals surface area contributed by atoms with Crippen LogP contribution < -0.4 is 0 Å². The highest BCUT2D eigenvalue weighted by Crippen LogP contribution is 2.19. The third-order valence-corrected chi connectivity index (χ3v) is 4.01. The molecular weight excluding hydrogens is 360 g/mol. The number of carbonyl (C=O) groups is 2. The van der Waals surface area contributed by atoms with Crippen molar-refractivity contribution in [3.05, 3.63) is 106 Å². The van der Waals surface area contributed by atoms with Gasteiger partial charge in [-0.25, -0.2) is 4.79 Å². The first kappa shape index (κ1) is 18.4. The van der Waals surface area contributed by atoms with Crippen molar-refractivity contribution >= 4 is 23.4 Å². The minimum Gasteiger partial charge on any atom is -0.449 e. The molecule has 3 rings (SSSR count). The molecule has 0 aromatic heterocycles. The molecule has 0 bridgehead atoms. The van der Waals surface area contributed by atoms with E-state index in [1.165, 1.54) is 0 Å². The zero-order valence-corrected chi connectivity index (χ0v) is 15.1. The molecule has 0 spiro atoms. The van der Waals surface area contributed by atoms with Crippen molar-refractivity contribution in [1.29, 1.82) is 0 Å². The van der Waals surface area contributed by atoms with Gasteiger partial charge >= 0.3 is 5.97 Å². The molecule has 0 aliphatic rings. The van der Waals surface area contributed by atoms with Crippen molar-refractivity contribution in [3.63, 3.8) is 0 Å². The lowest BCUT2D eigenvalue weighted by Gasteiger charge is -2.05. The standard InChI is InChI=1S/C23H15ClO3/c24-20-14-13-17(21(16-20)22(25)18-8-3-1-4-9-18)12-7-15-27-23(26)19-10-5-2-6-11-19/h1-6,8-11,13-14,16H,15H2. The predicted octanol–water partition coefficient (Wildman–Crippen LogP) is 4.78. The van der Waals surface area contributed by atoms with Crippen LogP contribution in [0, 0.1) is 11.8 Å². The monoisotopic (exact) mass is 374 g/mol. The van der Waals surface area contributed by atoms with E-state index in [-0.39, 0.29) is 12.4 Å². The maximum atomic E-state index is 12.7. The molecule has 0 unspecified atom stereocenters. The van der Waals surface area contributed by atoms with Gasteiger partial charge in [0.15, 0.2) is 12.4 Å². The Hall–Kier alpha value is -3.35. The van der Waals surface area contributed by atoms with Gasteiger partial charge in [0.1, 0.15) is 0 Å². The number of benzene rings is 3. The molecule has 0 heterocycles. The van der Waals surface area contributed by atoms with Gasteiger partial charge in [-0.15, -0.1) is 0 Å². The van der Waals surface area contributed by atoms with Crippen LogP contribution >= 0.6 is 11.6 Å². The number of ether oxygens (including phenoxy) is 1. The van der Waals surface area contributed by atoms with E-state index < -0.39 is 5.97 Å². The number of ketones is 1.